The maximum atomic E-state index is 13.0. The predicted octanol–water partition coefficient (Wildman–Crippen LogP) is 4.92. The predicted molar refractivity (Wildman–Crippen MR) is 106 cm³/mol. The van der Waals surface area contributed by atoms with E-state index in [4.69, 9.17) is 4.74 Å². The minimum atomic E-state index is -0.403. The van der Waals surface area contributed by atoms with Gasteiger partial charge in [-0.05, 0) is 47.5 Å². The molecule has 0 fully saturated rings. The Morgan fingerprint density at radius 2 is 1.89 bits per heavy atom. The molecule has 0 spiro atoms. The Hall–Kier alpha value is -3.21. The summed E-state index contributed by atoms with van der Waals surface area (Å²) in [4.78, 5) is 12.1. The summed E-state index contributed by atoms with van der Waals surface area (Å²) >= 11 is 0. The first-order chi connectivity index (χ1) is 13.2. The average Bonchev–Trinajstić information content (AvgIpc) is 2.69. The summed E-state index contributed by atoms with van der Waals surface area (Å²) in [5.41, 5.74) is 3.63. The summed E-state index contributed by atoms with van der Waals surface area (Å²) in [6.07, 6.45) is 3.60. The molecule has 27 heavy (non-hydrogen) atoms. The number of fused-ring (bicyclic) bond motifs is 1. The summed E-state index contributed by atoms with van der Waals surface area (Å²) in [7, 11) is 0. The van der Waals surface area contributed by atoms with E-state index in [1.165, 1.54) is 24.3 Å². The molecule has 1 amide bonds. The summed E-state index contributed by atoms with van der Waals surface area (Å²) in [5, 5.41) is 6.13. The highest BCUT2D eigenvalue weighted by atomic mass is 19.1. The molecule has 0 radical (unpaired) electrons. The van der Waals surface area contributed by atoms with Crippen LogP contribution in [0.3, 0.4) is 0 Å². The van der Waals surface area contributed by atoms with Gasteiger partial charge in [0.1, 0.15) is 11.6 Å². The van der Waals surface area contributed by atoms with Gasteiger partial charge in [-0.3, -0.25) is 4.79 Å². The van der Waals surface area contributed by atoms with Crippen LogP contribution < -0.4 is 10.2 Å². The number of ether oxygens (including phenoxy) is 1. The first kappa shape index (κ1) is 18.6. The van der Waals surface area contributed by atoms with Crippen LogP contribution in [0.25, 0.3) is 10.8 Å². The third-order valence-corrected chi connectivity index (χ3v) is 4.15. The number of amides is 1. The Morgan fingerprint density at radius 1 is 1.11 bits per heavy atom. The van der Waals surface area contributed by atoms with E-state index >= 15 is 0 Å². The fourth-order valence-corrected chi connectivity index (χ4v) is 2.68. The molecule has 0 heterocycles. The minimum Gasteiger partial charge on any atom is -0.493 e. The van der Waals surface area contributed by atoms with E-state index in [0.29, 0.717) is 12.2 Å². The van der Waals surface area contributed by atoms with E-state index < -0.39 is 5.91 Å². The van der Waals surface area contributed by atoms with Crippen molar-refractivity contribution >= 4 is 22.9 Å². The minimum absolute atomic E-state index is 0.339. The molecule has 3 aromatic carbocycles. The molecule has 0 atom stereocenters. The third-order valence-electron chi connectivity index (χ3n) is 4.15. The highest BCUT2D eigenvalue weighted by molar-refractivity contribution is 6.03. The number of nitrogens with zero attached hydrogens (tertiary/aromatic N) is 1. The zero-order valence-electron chi connectivity index (χ0n) is 15.1. The van der Waals surface area contributed by atoms with Crippen LogP contribution in [0.1, 0.15) is 35.7 Å². The van der Waals surface area contributed by atoms with Crippen molar-refractivity contribution in [2.45, 2.75) is 19.8 Å². The van der Waals surface area contributed by atoms with E-state index in [0.717, 1.165) is 34.9 Å². The van der Waals surface area contributed by atoms with Crippen LogP contribution in [0.15, 0.2) is 65.8 Å². The van der Waals surface area contributed by atoms with E-state index in [1.54, 1.807) is 6.21 Å². The van der Waals surface area contributed by atoms with E-state index in [9.17, 15) is 9.18 Å². The number of benzene rings is 3. The van der Waals surface area contributed by atoms with Crippen molar-refractivity contribution in [2.75, 3.05) is 6.61 Å². The second-order valence-corrected chi connectivity index (χ2v) is 6.11. The Balaban J connectivity index is 1.83. The van der Waals surface area contributed by atoms with Crippen molar-refractivity contribution in [3.8, 4) is 5.75 Å². The molecular weight excluding hydrogens is 343 g/mol. The molecule has 0 saturated carbocycles. The molecule has 3 rings (SSSR count). The SMILES string of the molecule is CCCCOc1ccc2ccccc2c1/C=N\NC(=O)c1ccc(F)cc1. The van der Waals surface area contributed by atoms with Gasteiger partial charge in [-0.25, -0.2) is 9.82 Å². The van der Waals surface area contributed by atoms with Crippen molar-refractivity contribution in [1.82, 2.24) is 5.43 Å². The number of hydrazone groups is 1. The van der Waals surface area contributed by atoms with Gasteiger partial charge in [-0.15, -0.1) is 0 Å². The van der Waals surface area contributed by atoms with Crippen LogP contribution in [0.5, 0.6) is 5.75 Å². The van der Waals surface area contributed by atoms with Gasteiger partial charge in [0, 0.05) is 11.1 Å². The molecule has 0 saturated heterocycles. The van der Waals surface area contributed by atoms with Gasteiger partial charge in [0.25, 0.3) is 5.91 Å². The molecule has 0 aromatic heterocycles. The smallest absolute Gasteiger partial charge is 0.271 e. The summed E-state index contributed by atoms with van der Waals surface area (Å²) in [5.74, 6) is -0.0680. The summed E-state index contributed by atoms with van der Waals surface area (Å²) in [6, 6.07) is 17.2. The van der Waals surface area contributed by atoms with Gasteiger partial charge >= 0.3 is 0 Å². The maximum absolute atomic E-state index is 13.0. The number of carbonyl (C=O) groups is 1. The summed E-state index contributed by atoms with van der Waals surface area (Å²) < 4.78 is 18.9. The number of nitrogens with one attached hydrogen (secondary N) is 1. The molecule has 0 aliphatic heterocycles. The zero-order chi connectivity index (χ0) is 19.1. The molecule has 0 aliphatic rings. The molecule has 0 unspecified atom stereocenters. The molecule has 138 valence electrons. The van der Waals surface area contributed by atoms with Crippen LogP contribution in [0, 0.1) is 5.82 Å². The van der Waals surface area contributed by atoms with Gasteiger partial charge in [0.2, 0.25) is 0 Å². The number of rotatable bonds is 7. The lowest BCUT2D eigenvalue weighted by Crippen LogP contribution is -2.17. The van der Waals surface area contributed by atoms with E-state index in [-0.39, 0.29) is 5.82 Å². The lowest BCUT2D eigenvalue weighted by Gasteiger charge is -2.11. The van der Waals surface area contributed by atoms with Crippen LogP contribution in [0.2, 0.25) is 0 Å². The van der Waals surface area contributed by atoms with Crippen molar-refractivity contribution in [2.24, 2.45) is 5.10 Å². The third kappa shape index (κ3) is 4.70. The van der Waals surface area contributed by atoms with E-state index in [2.05, 4.69) is 17.5 Å². The zero-order valence-corrected chi connectivity index (χ0v) is 15.1. The highest BCUT2D eigenvalue weighted by Crippen LogP contribution is 2.27. The fourth-order valence-electron chi connectivity index (χ4n) is 2.68. The molecule has 0 aliphatic carbocycles. The van der Waals surface area contributed by atoms with Crippen LogP contribution in [0.4, 0.5) is 4.39 Å². The van der Waals surface area contributed by atoms with Crippen molar-refractivity contribution in [3.63, 3.8) is 0 Å². The lowest BCUT2D eigenvalue weighted by atomic mass is 10.0. The van der Waals surface area contributed by atoms with Gasteiger partial charge in [-0.2, -0.15) is 5.10 Å². The first-order valence-corrected chi connectivity index (χ1v) is 8.92. The van der Waals surface area contributed by atoms with Crippen LogP contribution >= 0.6 is 0 Å². The normalized spacial score (nSPS) is 11.0. The van der Waals surface area contributed by atoms with Crippen molar-refractivity contribution in [3.05, 3.63) is 77.6 Å². The fraction of sp³-hybridized carbons (Fsp3) is 0.182. The molecule has 1 N–H and O–H groups in total. The van der Waals surface area contributed by atoms with Crippen LogP contribution in [-0.4, -0.2) is 18.7 Å². The Bertz CT molecular complexity index is 952. The maximum Gasteiger partial charge on any atom is 0.271 e. The van der Waals surface area contributed by atoms with Crippen molar-refractivity contribution in [1.29, 1.82) is 0 Å². The Kier molecular flexibility index (Phi) is 6.15. The van der Waals surface area contributed by atoms with Gasteiger partial charge in [0.05, 0.1) is 12.8 Å². The number of unbranched alkanes of at least 4 members (excludes halogenated alkanes) is 1. The second-order valence-electron chi connectivity index (χ2n) is 6.11. The molecule has 3 aromatic rings. The molecule has 5 heteroatoms. The molecular formula is C22H21FN2O2. The highest BCUT2D eigenvalue weighted by Gasteiger charge is 2.08. The molecule has 0 bridgehead atoms. The monoisotopic (exact) mass is 364 g/mol. The average molecular weight is 364 g/mol. The largest absolute Gasteiger partial charge is 0.493 e. The number of hydrogen-bond donors (Lipinski definition) is 1. The van der Waals surface area contributed by atoms with E-state index in [1.807, 2.05) is 36.4 Å². The Morgan fingerprint density at radius 3 is 2.67 bits per heavy atom. The second kappa shape index (κ2) is 8.94. The van der Waals surface area contributed by atoms with Gasteiger partial charge in [-0.1, -0.05) is 43.7 Å². The van der Waals surface area contributed by atoms with Crippen LogP contribution in [-0.2, 0) is 0 Å². The quantitative estimate of drug-likeness (QED) is 0.367. The number of carbonyl (C=O) groups excluding carboxylic acids is 1. The lowest BCUT2D eigenvalue weighted by molar-refractivity contribution is 0.0955. The topological polar surface area (TPSA) is 50.7 Å². The van der Waals surface area contributed by atoms with Crippen molar-refractivity contribution < 1.29 is 13.9 Å². The van der Waals surface area contributed by atoms with Gasteiger partial charge < -0.3 is 4.74 Å². The molecule has 4 nitrogen and oxygen atoms in total. The summed E-state index contributed by atoms with van der Waals surface area (Å²) in [6.45, 7) is 2.73. The van der Waals surface area contributed by atoms with Gasteiger partial charge in [0.15, 0.2) is 0 Å². The number of hydrogen-bond acceptors (Lipinski definition) is 3. The standard InChI is InChI=1S/C22H21FN2O2/c1-2-3-14-27-21-13-10-16-6-4-5-7-19(16)20(21)15-24-25-22(26)17-8-11-18(23)12-9-17/h4-13,15H,2-3,14H2,1H3,(H,25,26)/b24-15-. The number of halogens is 1. The Labute approximate surface area is 157 Å². The first-order valence-electron chi connectivity index (χ1n) is 8.92.